The number of aromatic amines is 1. The molecule has 0 aliphatic carbocycles. The van der Waals surface area contributed by atoms with Crippen LogP contribution in [-0.4, -0.2) is 43.3 Å². The summed E-state index contributed by atoms with van der Waals surface area (Å²) in [5.74, 6) is 0. The molecule has 18 heteroatoms. The average molecular weight is 469 g/mol. The maximum Gasteiger partial charge on any atom is 0.708 e. The minimum absolute atomic E-state index is 0.111. The Balaban J connectivity index is 1.96. The van der Waals surface area contributed by atoms with Crippen molar-refractivity contribution < 1.29 is 46.5 Å². The van der Waals surface area contributed by atoms with Gasteiger partial charge in [0.15, 0.2) is 0 Å². The number of hydrogen-bond acceptors (Lipinski definition) is 10. The van der Waals surface area contributed by atoms with E-state index in [4.69, 9.17) is 26.1 Å². The van der Waals surface area contributed by atoms with Crippen molar-refractivity contribution in [1.82, 2.24) is 9.55 Å². The van der Waals surface area contributed by atoms with E-state index in [1.807, 2.05) is 4.98 Å². The SMILES string of the molecule is O=c1[nH]c(=O)n(C2CC(O)C(CO[P+](=O)OP(=O)(O)O[P+](=O)O)O2)cc1Cl. The van der Waals surface area contributed by atoms with Gasteiger partial charge in [0.25, 0.3) is 5.56 Å². The van der Waals surface area contributed by atoms with Crippen molar-refractivity contribution in [3.8, 4) is 0 Å². The molecule has 0 saturated carbocycles. The Kier molecular flexibility index (Phi) is 7.54. The quantitative estimate of drug-likeness (QED) is 0.380. The molecule has 1 aliphatic rings. The molecule has 2 heterocycles. The van der Waals surface area contributed by atoms with Crippen LogP contribution in [0.25, 0.3) is 0 Å². The second-order valence-electron chi connectivity index (χ2n) is 4.96. The van der Waals surface area contributed by atoms with E-state index in [1.54, 1.807) is 0 Å². The summed E-state index contributed by atoms with van der Waals surface area (Å²) in [7, 11) is -11.9. The Bertz CT molecular complexity index is 901. The Morgan fingerprint density at radius 3 is 2.70 bits per heavy atom. The van der Waals surface area contributed by atoms with Gasteiger partial charge in [-0.05, 0) is 0 Å². The van der Waals surface area contributed by atoms with Gasteiger partial charge in [0, 0.05) is 30.4 Å². The van der Waals surface area contributed by atoms with Gasteiger partial charge in [-0.2, -0.15) is 0 Å². The molecule has 0 amide bonds. The lowest BCUT2D eigenvalue weighted by Crippen LogP contribution is -2.32. The number of nitrogens with zero attached hydrogens (tertiary/aromatic N) is 1. The topological polar surface area (TPSA) is 204 Å². The van der Waals surface area contributed by atoms with Crippen LogP contribution < -0.4 is 11.2 Å². The molecular formula is C9H12ClN2O12P3+2. The number of H-pyrrole nitrogens is 1. The molecular weight excluding hydrogens is 456 g/mol. The first-order valence-electron chi connectivity index (χ1n) is 6.81. The number of halogens is 1. The maximum absolute atomic E-state index is 11.8. The standard InChI is InChI=1S/C9H10ClN2O12P3/c10-4-2-12(9(15)11-8(4)14)7-1-5(13)6(22-7)3-21-26(18)24-27(19,20)23-25(16)17/h2,5-7,13H,1,3H2,(H-2,11,14,15,16,17,19,20)/p+2. The fraction of sp³-hybridized carbons (Fsp3) is 0.556. The van der Waals surface area contributed by atoms with E-state index < -0.39 is 60.6 Å². The van der Waals surface area contributed by atoms with E-state index in [2.05, 4.69) is 13.1 Å². The van der Waals surface area contributed by atoms with Crippen LogP contribution in [0.2, 0.25) is 5.02 Å². The van der Waals surface area contributed by atoms with Gasteiger partial charge in [0.2, 0.25) is 0 Å². The van der Waals surface area contributed by atoms with Gasteiger partial charge in [0.05, 0.1) is 6.10 Å². The Labute approximate surface area is 156 Å². The summed E-state index contributed by atoms with van der Waals surface area (Å²) in [6, 6.07) is 0. The van der Waals surface area contributed by atoms with Crippen LogP contribution in [0.4, 0.5) is 0 Å². The predicted octanol–water partition coefficient (Wildman–Crippen LogP) is 0.296. The van der Waals surface area contributed by atoms with Gasteiger partial charge < -0.3 is 9.84 Å². The lowest BCUT2D eigenvalue weighted by Gasteiger charge is -2.14. The molecule has 14 nitrogen and oxygen atoms in total. The molecule has 4 N–H and O–H groups in total. The van der Waals surface area contributed by atoms with Crippen molar-refractivity contribution in [2.45, 2.75) is 24.9 Å². The minimum Gasteiger partial charge on any atom is -0.390 e. The summed E-state index contributed by atoms with van der Waals surface area (Å²) in [4.78, 5) is 42.3. The first-order chi connectivity index (χ1) is 12.5. The number of aliphatic hydroxyl groups is 1. The van der Waals surface area contributed by atoms with E-state index in [-0.39, 0.29) is 11.4 Å². The van der Waals surface area contributed by atoms with Crippen LogP contribution in [0.15, 0.2) is 15.8 Å². The fourth-order valence-corrected chi connectivity index (χ4v) is 4.43. The Morgan fingerprint density at radius 2 is 2.07 bits per heavy atom. The molecule has 1 fully saturated rings. The second kappa shape index (κ2) is 9.08. The zero-order valence-corrected chi connectivity index (χ0v) is 16.3. The monoisotopic (exact) mass is 468 g/mol. The van der Waals surface area contributed by atoms with Crippen LogP contribution in [0.5, 0.6) is 0 Å². The van der Waals surface area contributed by atoms with Crippen LogP contribution in [0.1, 0.15) is 12.6 Å². The highest BCUT2D eigenvalue weighted by Crippen LogP contribution is 2.57. The third-order valence-electron chi connectivity index (χ3n) is 3.13. The average Bonchev–Trinajstić information content (AvgIpc) is 2.87. The molecule has 150 valence electrons. The van der Waals surface area contributed by atoms with E-state index in [0.717, 1.165) is 10.8 Å². The molecule has 1 aliphatic heterocycles. The van der Waals surface area contributed by atoms with Gasteiger partial charge >= 0.3 is 30.0 Å². The molecule has 6 unspecified atom stereocenters. The lowest BCUT2D eigenvalue weighted by molar-refractivity contribution is -0.0412. The zero-order valence-electron chi connectivity index (χ0n) is 12.9. The molecule has 1 aromatic rings. The maximum atomic E-state index is 11.8. The summed E-state index contributed by atoms with van der Waals surface area (Å²) in [5, 5.41) is 9.65. The molecule has 2 rings (SSSR count). The van der Waals surface area contributed by atoms with Crippen LogP contribution in [0.3, 0.4) is 0 Å². The fourth-order valence-electron chi connectivity index (χ4n) is 2.06. The third-order valence-corrected chi connectivity index (χ3v) is 6.50. The van der Waals surface area contributed by atoms with Crippen LogP contribution in [-0.2, 0) is 31.6 Å². The lowest BCUT2D eigenvalue weighted by atomic mass is 10.2. The van der Waals surface area contributed by atoms with Gasteiger partial charge in [0.1, 0.15) is 24.0 Å². The number of hydrogen-bond donors (Lipinski definition) is 4. The molecule has 27 heavy (non-hydrogen) atoms. The summed E-state index contributed by atoms with van der Waals surface area (Å²) >= 11 is 5.63. The third kappa shape index (κ3) is 6.31. The van der Waals surface area contributed by atoms with Gasteiger partial charge in [-0.25, -0.2) is 9.36 Å². The molecule has 1 saturated heterocycles. The van der Waals surface area contributed by atoms with Gasteiger partial charge in [-0.15, -0.1) is 9.42 Å². The van der Waals surface area contributed by atoms with Crippen molar-refractivity contribution in [2.24, 2.45) is 0 Å². The van der Waals surface area contributed by atoms with Crippen LogP contribution in [0, 0.1) is 0 Å². The van der Waals surface area contributed by atoms with Gasteiger partial charge in [-0.3, -0.25) is 19.2 Å². The highest BCUT2D eigenvalue weighted by Gasteiger charge is 2.46. The molecule has 0 spiro atoms. The van der Waals surface area contributed by atoms with Crippen molar-refractivity contribution in [2.75, 3.05) is 6.61 Å². The van der Waals surface area contributed by atoms with Crippen molar-refractivity contribution in [1.29, 1.82) is 0 Å². The molecule has 6 atom stereocenters. The number of phosphoric acid groups is 1. The summed E-state index contributed by atoms with van der Waals surface area (Å²) in [6.45, 7) is -0.593. The number of nitrogens with one attached hydrogen (secondary N) is 1. The Morgan fingerprint density at radius 1 is 1.41 bits per heavy atom. The highest BCUT2D eigenvalue weighted by atomic mass is 35.5. The highest BCUT2D eigenvalue weighted by molar-refractivity contribution is 7.61. The first-order valence-corrected chi connectivity index (χ1v) is 10.9. The number of ether oxygens (including phenoxy) is 1. The van der Waals surface area contributed by atoms with E-state index in [9.17, 15) is 28.4 Å². The van der Waals surface area contributed by atoms with E-state index >= 15 is 0 Å². The zero-order chi connectivity index (χ0) is 20.4. The molecule has 1 aromatic heterocycles. The summed E-state index contributed by atoms with van der Waals surface area (Å²) < 4.78 is 51.5. The van der Waals surface area contributed by atoms with Crippen molar-refractivity contribution >= 4 is 35.9 Å². The van der Waals surface area contributed by atoms with E-state index in [1.165, 1.54) is 0 Å². The number of rotatable bonds is 8. The minimum atomic E-state index is -5.10. The Hall–Kier alpha value is -0.880. The number of aromatic nitrogens is 2. The second-order valence-corrected chi connectivity index (χ2v) is 8.80. The molecule has 0 bridgehead atoms. The summed E-state index contributed by atoms with van der Waals surface area (Å²) in [5.41, 5.74) is -1.64. The van der Waals surface area contributed by atoms with Gasteiger partial charge in [-0.1, -0.05) is 11.6 Å². The van der Waals surface area contributed by atoms with Crippen LogP contribution >= 0.6 is 35.9 Å². The van der Waals surface area contributed by atoms with Crippen molar-refractivity contribution in [3.05, 3.63) is 32.1 Å². The first kappa shape index (κ1) is 22.4. The molecule has 0 radical (unpaired) electrons. The van der Waals surface area contributed by atoms with Crippen molar-refractivity contribution in [3.63, 3.8) is 0 Å². The molecule has 0 aromatic carbocycles. The smallest absolute Gasteiger partial charge is 0.390 e. The normalized spacial score (nSPS) is 25.9. The summed E-state index contributed by atoms with van der Waals surface area (Å²) in [6.07, 6.45) is -2.44. The largest absolute Gasteiger partial charge is 0.708 e. The number of aliphatic hydroxyl groups excluding tert-OH is 1. The predicted molar refractivity (Wildman–Crippen MR) is 86.2 cm³/mol. The van der Waals surface area contributed by atoms with E-state index in [0.29, 0.717) is 0 Å².